The Morgan fingerprint density at radius 2 is 1.72 bits per heavy atom. The van der Waals surface area contributed by atoms with Crippen molar-refractivity contribution < 1.29 is 23.9 Å². The van der Waals surface area contributed by atoms with Gasteiger partial charge >= 0.3 is 5.97 Å². The lowest BCUT2D eigenvalue weighted by atomic mass is 9.85. The maximum atomic E-state index is 12.6. The van der Waals surface area contributed by atoms with Crippen LogP contribution in [-0.2, 0) is 30.5 Å². The van der Waals surface area contributed by atoms with Gasteiger partial charge in [-0.05, 0) is 38.3 Å². The Balaban J connectivity index is 1.56. The predicted octanol–water partition coefficient (Wildman–Crippen LogP) is 2.23. The molecule has 3 rings (SSSR count). The van der Waals surface area contributed by atoms with E-state index in [0.717, 1.165) is 10.5 Å². The second-order valence-corrected chi connectivity index (χ2v) is 7.67. The zero-order valence-electron chi connectivity index (χ0n) is 16.3. The summed E-state index contributed by atoms with van der Waals surface area (Å²) < 4.78 is 5.21. The molecule has 0 spiro atoms. The van der Waals surface area contributed by atoms with Gasteiger partial charge in [-0.3, -0.25) is 19.3 Å². The number of benzene rings is 1. The van der Waals surface area contributed by atoms with Crippen molar-refractivity contribution in [1.82, 2.24) is 10.2 Å². The summed E-state index contributed by atoms with van der Waals surface area (Å²) >= 11 is 6.05. The minimum Gasteiger partial charge on any atom is -0.451 e. The van der Waals surface area contributed by atoms with Gasteiger partial charge in [0.2, 0.25) is 11.8 Å². The van der Waals surface area contributed by atoms with Crippen molar-refractivity contribution in [1.29, 1.82) is 0 Å². The van der Waals surface area contributed by atoms with Crippen LogP contribution in [0.3, 0.4) is 0 Å². The van der Waals surface area contributed by atoms with Crippen molar-refractivity contribution in [3.8, 4) is 0 Å². The van der Waals surface area contributed by atoms with Crippen LogP contribution in [0.5, 0.6) is 0 Å². The standard InChI is InChI=1S/C21H23ClN2O5/c1-12(24-19(26)15-8-4-5-9-16(15)20(24)27)21(28)29-13(2)18(25)23-11-14-7-3-6-10-17(14)22/h3-7,10,12-13,15-16H,8-9,11H2,1-2H3,(H,23,25)/t12-,13-,15-,16+/m0/s1. The first-order valence-corrected chi connectivity index (χ1v) is 9.92. The molecule has 0 radical (unpaired) electrons. The van der Waals surface area contributed by atoms with E-state index in [1.54, 1.807) is 24.3 Å². The van der Waals surface area contributed by atoms with Gasteiger partial charge in [0.05, 0.1) is 11.8 Å². The van der Waals surface area contributed by atoms with Gasteiger partial charge < -0.3 is 10.1 Å². The topological polar surface area (TPSA) is 92.8 Å². The molecule has 1 N–H and O–H groups in total. The summed E-state index contributed by atoms with van der Waals surface area (Å²) in [6, 6.07) is 5.99. The largest absolute Gasteiger partial charge is 0.451 e. The quantitative estimate of drug-likeness (QED) is 0.434. The van der Waals surface area contributed by atoms with Crippen molar-refractivity contribution in [2.75, 3.05) is 0 Å². The first kappa shape index (κ1) is 21.0. The Bertz CT molecular complexity index is 842. The molecule has 29 heavy (non-hydrogen) atoms. The molecule has 0 saturated carbocycles. The fraction of sp³-hybridized carbons (Fsp3) is 0.429. The summed E-state index contributed by atoms with van der Waals surface area (Å²) in [5.41, 5.74) is 0.735. The van der Waals surface area contributed by atoms with E-state index in [1.807, 2.05) is 12.2 Å². The van der Waals surface area contributed by atoms with E-state index in [1.165, 1.54) is 13.8 Å². The summed E-state index contributed by atoms with van der Waals surface area (Å²) in [7, 11) is 0. The van der Waals surface area contributed by atoms with Crippen LogP contribution in [0.1, 0.15) is 32.3 Å². The third kappa shape index (κ3) is 4.34. The van der Waals surface area contributed by atoms with Gasteiger partial charge in [0.15, 0.2) is 6.10 Å². The van der Waals surface area contributed by atoms with Gasteiger partial charge in [0.25, 0.3) is 5.91 Å². The Morgan fingerprint density at radius 1 is 1.14 bits per heavy atom. The van der Waals surface area contributed by atoms with E-state index < -0.39 is 35.9 Å². The highest BCUT2D eigenvalue weighted by Crippen LogP contribution is 2.36. The summed E-state index contributed by atoms with van der Waals surface area (Å²) in [5.74, 6) is -2.84. The first-order valence-electron chi connectivity index (χ1n) is 9.54. The smallest absolute Gasteiger partial charge is 0.329 e. The van der Waals surface area contributed by atoms with E-state index in [-0.39, 0.29) is 18.4 Å². The Labute approximate surface area is 174 Å². The van der Waals surface area contributed by atoms with Crippen LogP contribution < -0.4 is 5.32 Å². The molecule has 0 bridgehead atoms. The van der Waals surface area contributed by atoms with Gasteiger partial charge in [-0.1, -0.05) is 42.0 Å². The number of carbonyl (C=O) groups is 4. The molecule has 1 aromatic carbocycles. The minimum absolute atomic E-state index is 0.190. The molecule has 1 heterocycles. The number of hydrogen-bond donors (Lipinski definition) is 1. The normalized spacial score (nSPS) is 22.8. The molecule has 154 valence electrons. The lowest BCUT2D eigenvalue weighted by Crippen LogP contribution is -2.46. The predicted molar refractivity (Wildman–Crippen MR) is 106 cm³/mol. The van der Waals surface area contributed by atoms with Crippen LogP contribution in [0.15, 0.2) is 36.4 Å². The molecule has 8 heteroatoms. The molecule has 1 aliphatic carbocycles. The number of allylic oxidation sites excluding steroid dienone is 2. The number of nitrogens with one attached hydrogen (secondary N) is 1. The van der Waals surface area contributed by atoms with E-state index in [0.29, 0.717) is 17.9 Å². The summed E-state index contributed by atoms with van der Waals surface area (Å²) in [6.07, 6.45) is 3.67. The summed E-state index contributed by atoms with van der Waals surface area (Å²) in [4.78, 5) is 50.9. The molecule has 7 nitrogen and oxygen atoms in total. The molecule has 1 aromatic rings. The monoisotopic (exact) mass is 418 g/mol. The molecule has 2 aliphatic rings. The van der Waals surface area contributed by atoms with Crippen molar-refractivity contribution in [2.45, 2.75) is 45.4 Å². The van der Waals surface area contributed by atoms with Gasteiger partial charge in [-0.2, -0.15) is 0 Å². The SMILES string of the molecule is C[C@H](OC(=O)[C@H](C)N1C(=O)[C@H]2CC=CC[C@H]2C1=O)C(=O)NCc1ccccc1Cl. The number of halogens is 1. The van der Waals surface area contributed by atoms with Crippen LogP contribution in [-0.4, -0.2) is 40.7 Å². The fourth-order valence-electron chi connectivity index (χ4n) is 3.61. The highest BCUT2D eigenvalue weighted by molar-refractivity contribution is 6.31. The molecule has 1 fully saturated rings. The van der Waals surface area contributed by atoms with Crippen LogP contribution in [0, 0.1) is 11.8 Å². The van der Waals surface area contributed by atoms with E-state index in [9.17, 15) is 19.2 Å². The first-order chi connectivity index (χ1) is 13.8. The van der Waals surface area contributed by atoms with Crippen LogP contribution >= 0.6 is 11.6 Å². The summed E-state index contributed by atoms with van der Waals surface area (Å²) in [6.45, 7) is 3.07. The minimum atomic E-state index is -1.08. The molecule has 1 saturated heterocycles. The van der Waals surface area contributed by atoms with Gasteiger partial charge in [-0.25, -0.2) is 4.79 Å². The zero-order chi connectivity index (χ0) is 21.1. The molecule has 4 atom stereocenters. The van der Waals surface area contributed by atoms with E-state index in [4.69, 9.17) is 16.3 Å². The average molecular weight is 419 g/mol. The fourth-order valence-corrected chi connectivity index (χ4v) is 3.81. The number of esters is 1. The number of carbonyl (C=O) groups excluding carboxylic acids is 4. The second kappa shape index (κ2) is 8.78. The number of likely N-dealkylation sites (tertiary alicyclic amines) is 1. The summed E-state index contributed by atoms with van der Waals surface area (Å²) in [5, 5.41) is 3.18. The maximum Gasteiger partial charge on any atom is 0.329 e. The lowest BCUT2D eigenvalue weighted by Gasteiger charge is -2.23. The van der Waals surface area contributed by atoms with E-state index >= 15 is 0 Å². The third-order valence-electron chi connectivity index (χ3n) is 5.34. The molecular weight excluding hydrogens is 396 g/mol. The highest BCUT2D eigenvalue weighted by atomic mass is 35.5. The Morgan fingerprint density at radius 3 is 2.31 bits per heavy atom. The maximum absolute atomic E-state index is 12.6. The molecular formula is C21H23ClN2O5. The number of amides is 3. The van der Waals surface area contributed by atoms with Crippen molar-refractivity contribution in [2.24, 2.45) is 11.8 Å². The molecule has 0 unspecified atom stereocenters. The molecule has 3 amide bonds. The zero-order valence-corrected chi connectivity index (χ0v) is 17.0. The van der Waals surface area contributed by atoms with Gasteiger partial charge in [0, 0.05) is 11.6 Å². The van der Waals surface area contributed by atoms with Crippen molar-refractivity contribution >= 4 is 35.3 Å². The highest BCUT2D eigenvalue weighted by Gasteiger charge is 2.50. The van der Waals surface area contributed by atoms with Crippen LogP contribution in [0.4, 0.5) is 0 Å². The van der Waals surface area contributed by atoms with Crippen LogP contribution in [0.25, 0.3) is 0 Å². The third-order valence-corrected chi connectivity index (χ3v) is 5.71. The van der Waals surface area contributed by atoms with E-state index in [2.05, 4.69) is 5.32 Å². The van der Waals surface area contributed by atoms with Crippen molar-refractivity contribution in [3.63, 3.8) is 0 Å². The van der Waals surface area contributed by atoms with Gasteiger partial charge in [-0.15, -0.1) is 0 Å². The number of imide groups is 1. The number of hydrogen-bond acceptors (Lipinski definition) is 5. The number of fused-ring (bicyclic) bond motifs is 1. The molecule has 1 aliphatic heterocycles. The van der Waals surface area contributed by atoms with Crippen LogP contribution in [0.2, 0.25) is 5.02 Å². The Hall–Kier alpha value is -2.67. The Kier molecular flexibility index (Phi) is 6.37. The second-order valence-electron chi connectivity index (χ2n) is 7.27. The number of nitrogens with zero attached hydrogens (tertiary/aromatic N) is 1. The average Bonchev–Trinajstić information content (AvgIpc) is 2.97. The number of rotatable bonds is 6. The van der Waals surface area contributed by atoms with Gasteiger partial charge in [0.1, 0.15) is 6.04 Å². The lowest BCUT2D eigenvalue weighted by molar-refractivity contribution is -0.164. The number of ether oxygens (including phenoxy) is 1. The molecule has 0 aromatic heterocycles. The van der Waals surface area contributed by atoms with Crippen molar-refractivity contribution in [3.05, 3.63) is 47.0 Å².